The van der Waals surface area contributed by atoms with Gasteiger partial charge >= 0.3 is 0 Å². The lowest BCUT2D eigenvalue weighted by molar-refractivity contribution is -0.153. The average molecular weight is 599 g/mol. The highest BCUT2D eigenvalue weighted by Crippen LogP contribution is 2.54. The van der Waals surface area contributed by atoms with E-state index in [4.69, 9.17) is 10.5 Å². The maximum atomic E-state index is 14.1. The number of ether oxygens (including phenoxy) is 1. The van der Waals surface area contributed by atoms with Crippen LogP contribution in [-0.2, 0) is 32.1 Å². The molecule has 1 aliphatic heterocycles. The molecule has 1 amide bonds. The lowest BCUT2D eigenvalue weighted by Gasteiger charge is -2.50. The van der Waals surface area contributed by atoms with Crippen LogP contribution >= 0.6 is 0 Å². The van der Waals surface area contributed by atoms with Crippen LogP contribution in [0.25, 0.3) is 5.76 Å². The Bertz CT molecular complexity index is 1420. The van der Waals surface area contributed by atoms with Crippen LogP contribution in [0, 0.1) is 17.8 Å². The number of hydrogen-bond acceptors (Lipinski definition) is 11. The van der Waals surface area contributed by atoms with Gasteiger partial charge in [-0.15, -0.1) is 0 Å². The number of nitrogens with zero attached hydrogens (tertiary/aromatic N) is 3. The number of carbonyl (C=O) groups excluding carboxylic acids is 3. The number of Topliss-reactive ketones (excluding diaryl/α,β-unsaturated/α-hetero) is 2. The van der Waals surface area contributed by atoms with Crippen LogP contribution in [0.5, 0.6) is 5.75 Å². The predicted octanol–water partition coefficient (Wildman–Crippen LogP) is 0.888. The van der Waals surface area contributed by atoms with Crippen molar-refractivity contribution in [2.24, 2.45) is 23.5 Å². The fourth-order valence-corrected chi connectivity index (χ4v) is 7.83. The van der Waals surface area contributed by atoms with Gasteiger partial charge in [0.25, 0.3) is 5.91 Å². The van der Waals surface area contributed by atoms with Crippen molar-refractivity contribution in [2.75, 3.05) is 59.9 Å². The lowest BCUT2D eigenvalue weighted by atomic mass is 9.57. The summed E-state index contributed by atoms with van der Waals surface area (Å²) in [6.45, 7) is 3.09. The second-order valence-electron chi connectivity index (χ2n) is 12.8. The monoisotopic (exact) mass is 598 g/mol. The number of phenolic OH excluding ortho intramolecular Hbond substituents is 1. The van der Waals surface area contributed by atoms with Gasteiger partial charge in [0.05, 0.1) is 11.6 Å². The molecule has 12 nitrogen and oxygen atoms in total. The van der Waals surface area contributed by atoms with Gasteiger partial charge in [0, 0.05) is 51.5 Å². The molecule has 0 radical (unpaired) electrons. The first-order valence-corrected chi connectivity index (χ1v) is 14.6. The Balaban J connectivity index is 1.60. The molecule has 2 fully saturated rings. The predicted molar refractivity (Wildman–Crippen MR) is 158 cm³/mol. The van der Waals surface area contributed by atoms with E-state index in [1.54, 1.807) is 27.3 Å². The SMILES string of the molecule is COCC1CCN(Cc2cc(O)c3c(c2N(C)C)C[C@H]2C[C@H]4[C@H](N(C)C)C(=O)C(C(N)=O)=C(O)[C@@]4(O)C(=O)C2=C3O)CC1. The molecule has 234 valence electrons. The number of fused-ring (bicyclic) bond motifs is 3. The largest absolute Gasteiger partial charge is 0.508 e. The number of ketones is 2. The maximum Gasteiger partial charge on any atom is 0.255 e. The van der Waals surface area contributed by atoms with Crippen LogP contribution < -0.4 is 10.6 Å². The number of piperidine rings is 1. The minimum absolute atomic E-state index is 0.0522. The zero-order valence-electron chi connectivity index (χ0n) is 25.4. The molecule has 0 bridgehead atoms. The summed E-state index contributed by atoms with van der Waals surface area (Å²) in [7, 11) is 8.65. The Labute approximate surface area is 251 Å². The Morgan fingerprint density at radius 3 is 2.35 bits per heavy atom. The van der Waals surface area contributed by atoms with Crippen molar-refractivity contribution in [1.29, 1.82) is 0 Å². The van der Waals surface area contributed by atoms with Crippen molar-refractivity contribution in [3.63, 3.8) is 0 Å². The van der Waals surface area contributed by atoms with Crippen molar-refractivity contribution in [1.82, 2.24) is 9.80 Å². The molecule has 1 aromatic carbocycles. The number of methoxy groups -OCH3 is 1. The molecular weight excluding hydrogens is 556 g/mol. The van der Waals surface area contributed by atoms with Crippen LogP contribution in [0.3, 0.4) is 0 Å². The van der Waals surface area contributed by atoms with Crippen molar-refractivity contribution in [2.45, 2.75) is 43.9 Å². The molecule has 4 aliphatic rings. The number of likely N-dealkylation sites (N-methyl/N-ethyl adjacent to an activating group) is 1. The first-order valence-electron chi connectivity index (χ1n) is 14.6. The highest BCUT2D eigenvalue weighted by Gasteiger charge is 2.64. The second-order valence-corrected chi connectivity index (χ2v) is 12.8. The number of benzene rings is 1. The van der Waals surface area contributed by atoms with Gasteiger partial charge in [-0.1, -0.05) is 0 Å². The number of nitrogens with two attached hydrogens (primary N) is 1. The summed E-state index contributed by atoms with van der Waals surface area (Å²) in [4.78, 5) is 45.3. The van der Waals surface area contributed by atoms with Gasteiger partial charge in [-0.2, -0.15) is 0 Å². The first-order chi connectivity index (χ1) is 20.2. The highest BCUT2D eigenvalue weighted by molar-refractivity contribution is 6.24. The molecule has 12 heteroatoms. The molecular formula is C31H42N4O8. The molecule has 6 N–H and O–H groups in total. The summed E-state index contributed by atoms with van der Waals surface area (Å²) >= 11 is 0. The molecule has 0 unspecified atom stereocenters. The Morgan fingerprint density at radius 1 is 1.14 bits per heavy atom. The van der Waals surface area contributed by atoms with Crippen molar-refractivity contribution in [3.8, 4) is 5.75 Å². The molecule has 1 saturated carbocycles. The summed E-state index contributed by atoms with van der Waals surface area (Å²) in [6, 6.07) is 0.493. The van der Waals surface area contributed by atoms with E-state index in [0.717, 1.165) is 43.8 Å². The number of carbonyl (C=O) groups is 3. The van der Waals surface area contributed by atoms with Gasteiger partial charge in [0.15, 0.2) is 11.4 Å². The summed E-state index contributed by atoms with van der Waals surface area (Å²) in [6.07, 6.45) is 2.32. The zero-order valence-corrected chi connectivity index (χ0v) is 25.4. The van der Waals surface area contributed by atoms with E-state index in [1.165, 1.54) is 4.90 Å². The van der Waals surface area contributed by atoms with Gasteiger partial charge in [0.1, 0.15) is 22.8 Å². The van der Waals surface area contributed by atoms with E-state index in [1.807, 2.05) is 19.0 Å². The number of aliphatic hydroxyl groups excluding tert-OH is 2. The van der Waals surface area contributed by atoms with Crippen LogP contribution in [0.4, 0.5) is 5.69 Å². The van der Waals surface area contributed by atoms with E-state index in [-0.39, 0.29) is 29.7 Å². The quantitative estimate of drug-likeness (QED) is 0.282. The standard InChI is InChI=1S/C31H42N4O8/c1-33(2)24-17(13-35-8-6-15(7-9-35)14-43-5)12-20(36)22-18(24)10-16-11-19-25(34(3)4)27(38)23(30(32)41)29(40)31(19,42)28(39)21(16)26(22)37/h12,15-16,19,25,36-37,40,42H,6-11,13-14H2,1-5H3,(H2,32,41)/t16-,19-,25-,31-/m0/s1. The van der Waals surface area contributed by atoms with E-state index in [2.05, 4.69) is 4.90 Å². The lowest BCUT2D eigenvalue weighted by Crippen LogP contribution is -2.65. The van der Waals surface area contributed by atoms with Crippen LogP contribution in [0.1, 0.15) is 36.0 Å². The van der Waals surface area contributed by atoms with Crippen LogP contribution in [-0.4, -0.2) is 114 Å². The Hall–Kier alpha value is -3.45. The van der Waals surface area contributed by atoms with Crippen LogP contribution in [0.2, 0.25) is 0 Å². The van der Waals surface area contributed by atoms with Gasteiger partial charge in [-0.3, -0.25) is 24.2 Å². The van der Waals surface area contributed by atoms with E-state index in [9.17, 15) is 34.8 Å². The van der Waals surface area contributed by atoms with Crippen molar-refractivity contribution < 1.29 is 39.5 Å². The third-order valence-electron chi connectivity index (χ3n) is 9.72. The number of aliphatic hydroxyl groups is 3. The molecule has 1 heterocycles. The summed E-state index contributed by atoms with van der Waals surface area (Å²) in [5.41, 5.74) is 4.24. The van der Waals surface area contributed by atoms with Crippen LogP contribution in [0.15, 0.2) is 23.0 Å². The number of likely N-dealkylation sites (tertiary alicyclic amines) is 1. The third-order valence-corrected chi connectivity index (χ3v) is 9.72. The molecule has 0 spiro atoms. The van der Waals surface area contributed by atoms with Crippen molar-refractivity contribution in [3.05, 3.63) is 39.7 Å². The van der Waals surface area contributed by atoms with Gasteiger partial charge in [0.2, 0.25) is 5.78 Å². The van der Waals surface area contributed by atoms with E-state index >= 15 is 0 Å². The number of hydrogen-bond donors (Lipinski definition) is 5. The fourth-order valence-electron chi connectivity index (χ4n) is 7.83. The summed E-state index contributed by atoms with van der Waals surface area (Å²) in [5.74, 6) is -6.03. The molecule has 3 aliphatic carbocycles. The molecule has 1 saturated heterocycles. The maximum absolute atomic E-state index is 14.1. The highest BCUT2D eigenvalue weighted by atomic mass is 16.5. The minimum Gasteiger partial charge on any atom is -0.508 e. The van der Waals surface area contributed by atoms with Gasteiger partial charge in [-0.05, 0) is 81.9 Å². The minimum atomic E-state index is -2.65. The average Bonchev–Trinajstić information content (AvgIpc) is 2.91. The molecule has 1 aromatic rings. The summed E-state index contributed by atoms with van der Waals surface area (Å²) < 4.78 is 5.33. The van der Waals surface area contributed by atoms with Gasteiger partial charge < -0.3 is 35.8 Å². The smallest absolute Gasteiger partial charge is 0.255 e. The topological polar surface area (TPSA) is 177 Å². The number of anilines is 1. The number of aromatic hydroxyl groups is 1. The molecule has 4 atom stereocenters. The zero-order chi connectivity index (χ0) is 31.5. The second kappa shape index (κ2) is 11.2. The molecule has 5 rings (SSSR count). The fraction of sp³-hybridized carbons (Fsp3) is 0.581. The number of amides is 1. The Kier molecular flexibility index (Phi) is 8.10. The molecule has 0 aromatic heterocycles. The van der Waals surface area contributed by atoms with E-state index < -0.39 is 58.0 Å². The first kappa shape index (κ1) is 31.0. The molecule has 43 heavy (non-hydrogen) atoms. The Morgan fingerprint density at radius 2 is 1.79 bits per heavy atom. The third kappa shape index (κ3) is 4.80. The number of rotatable bonds is 7. The van der Waals surface area contributed by atoms with E-state index in [0.29, 0.717) is 18.0 Å². The number of phenols is 1. The normalized spacial score (nSPS) is 28.2. The number of primary amides is 1. The van der Waals surface area contributed by atoms with Crippen molar-refractivity contribution >= 4 is 28.9 Å². The van der Waals surface area contributed by atoms with Gasteiger partial charge in [-0.25, -0.2) is 0 Å². The summed E-state index contributed by atoms with van der Waals surface area (Å²) in [5, 5.41) is 45.7.